The van der Waals surface area contributed by atoms with E-state index in [-0.39, 0.29) is 5.91 Å². The number of carbonyl (C=O) groups excluding carboxylic acids is 1. The number of piperazine rings is 1. The van der Waals surface area contributed by atoms with Crippen LogP contribution in [0.5, 0.6) is 0 Å². The summed E-state index contributed by atoms with van der Waals surface area (Å²) in [5, 5.41) is 7.41. The van der Waals surface area contributed by atoms with Gasteiger partial charge >= 0.3 is 0 Å². The number of carbonyl (C=O) groups is 1. The topological polar surface area (TPSA) is 66.6 Å². The molecule has 0 saturated carbocycles. The van der Waals surface area contributed by atoms with Crippen LogP contribution in [-0.2, 0) is 0 Å². The Hall–Kier alpha value is -2.48. The van der Waals surface area contributed by atoms with Crippen LogP contribution in [0.3, 0.4) is 0 Å². The minimum absolute atomic E-state index is 0.0221. The van der Waals surface area contributed by atoms with E-state index in [4.69, 9.17) is 0 Å². The van der Waals surface area contributed by atoms with Crippen molar-refractivity contribution in [2.24, 2.45) is 0 Å². The monoisotopic (exact) mass is 342 g/mol. The van der Waals surface area contributed by atoms with Gasteiger partial charge in [-0.3, -0.25) is 4.79 Å². The standard InChI is InChI=1S/C16H18N6OS/c1-11-9-14-18-10-13(12(2)22(14)19-11)15(23)20-4-6-21(7-5-20)16-17-3-8-24-16/h3,8-10H,4-7H2,1-2H3. The van der Waals surface area contributed by atoms with Crippen molar-refractivity contribution in [3.8, 4) is 0 Å². The van der Waals surface area contributed by atoms with Gasteiger partial charge in [-0.25, -0.2) is 14.5 Å². The van der Waals surface area contributed by atoms with E-state index >= 15 is 0 Å². The highest BCUT2D eigenvalue weighted by molar-refractivity contribution is 7.13. The highest BCUT2D eigenvalue weighted by Crippen LogP contribution is 2.20. The Morgan fingerprint density at radius 3 is 2.67 bits per heavy atom. The second-order valence-corrected chi connectivity index (χ2v) is 6.78. The number of rotatable bonds is 2. The lowest BCUT2D eigenvalue weighted by Crippen LogP contribution is -2.49. The third-order valence-electron chi connectivity index (χ3n) is 4.33. The third kappa shape index (κ3) is 2.52. The van der Waals surface area contributed by atoms with E-state index < -0.39 is 0 Å². The number of nitrogens with zero attached hydrogens (tertiary/aromatic N) is 6. The molecule has 1 fully saturated rings. The lowest BCUT2D eigenvalue weighted by atomic mass is 10.2. The summed E-state index contributed by atoms with van der Waals surface area (Å²) in [6.45, 7) is 6.82. The first-order valence-electron chi connectivity index (χ1n) is 7.89. The van der Waals surface area contributed by atoms with Gasteiger partial charge in [-0.1, -0.05) is 0 Å². The molecular formula is C16H18N6OS. The van der Waals surface area contributed by atoms with Gasteiger partial charge in [-0.2, -0.15) is 5.10 Å². The Kier molecular flexibility index (Phi) is 3.68. The molecule has 1 saturated heterocycles. The Labute approximate surface area is 143 Å². The molecule has 0 radical (unpaired) electrons. The van der Waals surface area contributed by atoms with E-state index in [1.165, 1.54) is 0 Å². The lowest BCUT2D eigenvalue weighted by Gasteiger charge is -2.34. The van der Waals surface area contributed by atoms with Gasteiger partial charge in [0.15, 0.2) is 10.8 Å². The molecule has 0 atom stereocenters. The van der Waals surface area contributed by atoms with Crippen LogP contribution in [0, 0.1) is 13.8 Å². The minimum atomic E-state index is 0.0221. The normalized spacial score (nSPS) is 15.2. The maximum Gasteiger partial charge on any atom is 0.257 e. The van der Waals surface area contributed by atoms with E-state index in [9.17, 15) is 4.79 Å². The zero-order valence-corrected chi connectivity index (χ0v) is 14.5. The number of amides is 1. The van der Waals surface area contributed by atoms with Crippen molar-refractivity contribution in [1.29, 1.82) is 0 Å². The highest BCUT2D eigenvalue weighted by Gasteiger charge is 2.25. The van der Waals surface area contributed by atoms with Crippen LogP contribution in [-0.4, -0.2) is 56.6 Å². The van der Waals surface area contributed by atoms with Crippen LogP contribution < -0.4 is 4.90 Å². The predicted octanol–water partition coefficient (Wildman–Crippen LogP) is 1.77. The lowest BCUT2D eigenvalue weighted by molar-refractivity contribution is 0.0745. The SMILES string of the molecule is Cc1cc2ncc(C(=O)N3CCN(c4nccs4)CC3)c(C)n2n1. The second kappa shape index (κ2) is 5.86. The van der Waals surface area contributed by atoms with Crippen LogP contribution in [0.1, 0.15) is 21.7 Å². The van der Waals surface area contributed by atoms with Gasteiger partial charge in [-0.05, 0) is 13.8 Å². The fourth-order valence-corrected chi connectivity index (χ4v) is 3.71. The maximum atomic E-state index is 12.9. The third-order valence-corrected chi connectivity index (χ3v) is 5.17. The largest absolute Gasteiger partial charge is 0.345 e. The van der Waals surface area contributed by atoms with Crippen LogP contribution >= 0.6 is 11.3 Å². The Bertz CT molecular complexity index is 879. The molecule has 4 rings (SSSR count). The molecule has 24 heavy (non-hydrogen) atoms. The average Bonchev–Trinajstić information content (AvgIpc) is 3.24. The van der Waals surface area contributed by atoms with Crippen LogP contribution in [0.4, 0.5) is 5.13 Å². The molecule has 0 N–H and O–H groups in total. The van der Waals surface area contributed by atoms with Crippen LogP contribution in [0.25, 0.3) is 5.65 Å². The fraction of sp³-hybridized carbons (Fsp3) is 0.375. The van der Waals surface area contributed by atoms with Crippen molar-refractivity contribution in [2.45, 2.75) is 13.8 Å². The summed E-state index contributed by atoms with van der Waals surface area (Å²) in [5.74, 6) is 0.0221. The van der Waals surface area contributed by atoms with Crippen LogP contribution in [0.15, 0.2) is 23.8 Å². The van der Waals surface area contributed by atoms with Gasteiger partial charge < -0.3 is 9.80 Å². The van der Waals surface area contributed by atoms with Gasteiger partial charge in [0.1, 0.15) is 0 Å². The first-order chi connectivity index (χ1) is 11.6. The zero-order valence-electron chi connectivity index (χ0n) is 13.6. The molecule has 0 bridgehead atoms. The molecule has 124 valence electrons. The second-order valence-electron chi connectivity index (χ2n) is 5.91. The molecule has 1 aliphatic rings. The predicted molar refractivity (Wildman–Crippen MR) is 92.7 cm³/mol. The van der Waals surface area contributed by atoms with E-state index in [0.717, 1.165) is 35.3 Å². The van der Waals surface area contributed by atoms with Crippen molar-refractivity contribution in [3.05, 3.63) is 40.8 Å². The number of hydrogen-bond acceptors (Lipinski definition) is 6. The van der Waals surface area contributed by atoms with Crippen molar-refractivity contribution in [3.63, 3.8) is 0 Å². The molecule has 4 heterocycles. The quantitative estimate of drug-likeness (QED) is 0.710. The summed E-state index contributed by atoms with van der Waals surface area (Å²) in [6, 6.07) is 1.91. The van der Waals surface area contributed by atoms with Crippen molar-refractivity contribution in [2.75, 3.05) is 31.1 Å². The number of fused-ring (bicyclic) bond motifs is 1. The minimum Gasteiger partial charge on any atom is -0.345 e. The highest BCUT2D eigenvalue weighted by atomic mass is 32.1. The van der Waals surface area contributed by atoms with Crippen LogP contribution in [0.2, 0.25) is 0 Å². The summed E-state index contributed by atoms with van der Waals surface area (Å²) in [4.78, 5) is 25.7. The number of thiazole rings is 1. The molecule has 0 aliphatic carbocycles. The van der Waals surface area contributed by atoms with Crippen molar-refractivity contribution in [1.82, 2.24) is 24.5 Å². The Balaban J connectivity index is 1.53. The molecule has 0 aromatic carbocycles. The first-order valence-corrected chi connectivity index (χ1v) is 8.77. The van der Waals surface area contributed by atoms with Crippen molar-refractivity contribution >= 4 is 28.0 Å². The van der Waals surface area contributed by atoms with E-state index in [1.807, 2.05) is 36.4 Å². The number of hydrogen-bond donors (Lipinski definition) is 0. The van der Waals surface area contributed by atoms with E-state index in [0.29, 0.717) is 18.7 Å². The fourth-order valence-electron chi connectivity index (χ4n) is 3.02. The summed E-state index contributed by atoms with van der Waals surface area (Å²) < 4.78 is 1.74. The molecule has 7 nitrogen and oxygen atoms in total. The summed E-state index contributed by atoms with van der Waals surface area (Å²) in [7, 11) is 0. The Morgan fingerprint density at radius 2 is 1.96 bits per heavy atom. The van der Waals surface area contributed by atoms with Gasteiger partial charge in [0, 0.05) is 50.0 Å². The summed E-state index contributed by atoms with van der Waals surface area (Å²) in [6.07, 6.45) is 3.48. The summed E-state index contributed by atoms with van der Waals surface area (Å²) in [5.41, 5.74) is 3.12. The van der Waals surface area contributed by atoms with Gasteiger partial charge in [0.25, 0.3) is 5.91 Å². The first kappa shape index (κ1) is 15.1. The molecule has 0 unspecified atom stereocenters. The molecule has 0 spiro atoms. The maximum absolute atomic E-state index is 12.9. The summed E-state index contributed by atoms with van der Waals surface area (Å²) >= 11 is 1.63. The molecule has 1 aliphatic heterocycles. The Morgan fingerprint density at radius 1 is 1.17 bits per heavy atom. The van der Waals surface area contributed by atoms with Crippen molar-refractivity contribution < 1.29 is 4.79 Å². The van der Waals surface area contributed by atoms with E-state index in [2.05, 4.69) is 20.0 Å². The smallest absolute Gasteiger partial charge is 0.257 e. The molecular weight excluding hydrogens is 324 g/mol. The van der Waals surface area contributed by atoms with Gasteiger partial charge in [0.2, 0.25) is 0 Å². The number of aryl methyl sites for hydroxylation is 2. The molecule has 8 heteroatoms. The zero-order chi connectivity index (χ0) is 16.7. The van der Waals surface area contributed by atoms with Gasteiger partial charge in [-0.15, -0.1) is 11.3 Å². The molecule has 3 aromatic rings. The molecule has 1 amide bonds. The van der Waals surface area contributed by atoms with E-state index in [1.54, 1.807) is 22.0 Å². The van der Waals surface area contributed by atoms with Gasteiger partial charge in [0.05, 0.1) is 17.0 Å². The average molecular weight is 342 g/mol. The number of anilines is 1. The molecule has 3 aromatic heterocycles. The number of aromatic nitrogens is 4.